The lowest BCUT2D eigenvalue weighted by atomic mass is 9.89. The summed E-state index contributed by atoms with van der Waals surface area (Å²) < 4.78 is 5.38. The van der Waals surface area contributed by atoms with Gasteiger partial charge in [-0.2, -0.15) is 0 Å². The van der Waals surface area contributed by atoms with Crippen LogP contribution in [0.3, 0.4) is 0 Å². The van der Waals surface area contributed by atoms with Crippen molar-refractivity contribution in [3.63, 3.8) is 0 Å². The molecule has 0 aliphatic carbocycles. The molecule has 1 rings (SSSR count). The third kappa shape index (κ3) is 7.08. The maximum absolute atomic E-state index is 12.0. The van der Waals surface area contributed by atoms with Gasteiger partial charge in [-0.15, -0.1) is 0 Å². The van der Waals surface area contributed by atoms with Gasteiger partial charge in [-0.1, -0.05) is 20.8 Å². The molecule has 23 heavy (non-hydrogen) atoms. The normalized spacial score (nSPS) is 27.8. The summed E-state index contributed by atoms with van der Waals surface area (Å²) in [7, 11) is 2.19. The molecule has 5 nitrogen and oxygen atoms in total. The molecule has 0 radical (unpaired) electrons. The van der Waals surface area contributed by atoms with Crippen molar-refractivity contribution in [2.75, 3.05) is 20.1 Å². The van der Waals surface area contributed by atoms with Gasteiger partial charge in [-0.25, -0.2) is 4.79 Å². The Morgan fingerprint density at radius 2 is 1.91 bits per heavy atom. The molecule has 1 aliphatic heterocycles. The average molecular weight is 328 g/mol. The minimum Gasteiger partial charge on any atom is -0.444 e. The molecule has 0 bridgehead atoms. The summed E-state index contributed by atoms with van der Waals surface area (Å²) >= 11 is 0. The molecule has 0 saturated carbocycles. The van der Waals surface area contributed by atoms with Crippen LogP contribution in [0.5, 0.6) is 0 Å². The average Bonchev–Trinajstić information content (AvgIpc) is 2.37. The molecule has 0 aromatic carbocycles. The zero-order valence-corrected chi connectivity index (χ0v) is 16.3. The number of hydrogen-bond acceptors (Lipinski definition) is 4. The molecule has 0 aromatic heterocycles. The first-order valence-corrected chi connectivity index (χ1v) is 8.92. The van der Waals surface area contributed by atoms with E-state index in [1.165, 1.54) is 0 Å². The molecule has 136 valence electrons. The summed E-state index contributed by atoms with van der Waals surface area (Å²) in [5.74, 6) is 0.972. The van der Waals surface area contributed by atoms with Crippen molar-refractivity contribution >= 4 is 6.09 Å². The second-order valence-electron chi connectivity index (χ2n) is 8.51. The van der Waals surface area contributed by atoms with Gasteiger partial charge >= 0.3 is 6.09 Å². The maximum Gasteiger partial charge on any atom is 0.407 e. The Kier molecular flexibility index (Phi) is 7.33. The Morgan fingerprint density at radius 3 is 2.43 bits per heavy atom. The first-order valence-electron chi connectivity index (χ1n) is 8.92. The predicted molar refractivity (Wildman–Crippen MR) is 95.7 cm³/mol. The molecule has 1 aliphatic rings. The van der Waals surface area contributed by atoms with Crippen LogP contribution >= 0.6 is 0 Å². The van der Waals surface area contributed by atoms with E-state index >= 15 is 0 Å². The monoisotopic (exact) mass is 327 g/mol. The number of nitrogens with one attached hydrogen (secondary N) is 2. The Labute approximate surface area is 142 Å². The van der Waals surface area contributed by atoms with Crippen LogP contribution in [0.15, 0.2) is 0 Å². The molecule has 1 heterocycles. The fourth-order valence-corrected chi connectivity index (χ4v) is 3.02. The van der Waals surface area contributed by atoms with Crippen LogP contribution in [0.2, 0.25) is 0 Å². The highest BCUT2D eigenvalue weighted by Gasteiger charge is 2.29. The van der Waals surface area contributed by atoms with Gasteiger partial charge in [0.15, 0.2) is 0 Å². The zero-order valence-electron chi connectivity index (χ0n) is 16.3. The van der Waals surface area contributed by atoms with Crippen LogP contribution in [0.4, 0.5) is 4.79 Å². The van der Waals surface area contributed by atoms with Crippen molar-refractivity contribution in [2.45, 2.75) is 78.6 Å². The Bertz CT molecular complexity index is 379. The lowest BCUT2D eigenvalue weighted by Gasteiger charge is -2.40. The lowest BCUT2D eigenvalue weighted by Crippen LogP contribution is -2.54. The first-order chi connectivity index (χ1) is 10.5. The van der Waals surface area contributed by atoms with Crippen molar-refractivity contribution in [3.8, 4) is 0 Å². The van der Waals surface area contributed by atoms with E-state index in [0.29, 0.717) is 23.9 Å². The largest absolute Gasteiger partial charge is 0.444 e. The van der Waals surface area contributed by atoms with E-state index < -0.39 is 5.60 Å². The number of likely N-dealkylation sites (tertiary alicyclic amines) is 1. The van der Waals surface area contributed by atoms with Crippen LogP contribution in [-0.2, 0) is 4.74 Å². The van der Waals surface area contributed by atoms with E-state index in [0.717, 1.165) is 19.5 Å². The summed E-state index contributed by atoms with van der Waals surface area (Å²) in [5.41, 5.74) is -0.461. The minimum atomic E-state index is -0.461. The van der Waals surface area contributed by atoms with E-state index in [-0.39, 0.29) is 12.1 Å². The SMILES string of the molecule is CC(C)C(CNC1CC(C)N(C)CC1C)NC(=O)OC(C)(C)C. The van der Waals surface area contributed by atoms with Crippen LogP contribution < -0.4 is 10.6 Å². The molecule has 0 aromatic rings. The molecule has 0 spiro atoms. The van der Waals surface area contributed by atoms with Crippen molar-refractivity contribution in [1.82, 2.24) is 15.5 Å². The fraction of sp³-hybridized carbons (Fsp3) is 0.944. The second kappa shape index (κ2) is 8.34. The van der Waals surface area contributed by atoms with Gasteiger partial charge in [-0.05, 0) is 53.0 Å². The van der Waals surface area contributed by atoms with Crippen molar-refractivity contribution in [1.29, 1.82) is 0 Å². The van der Waals surface area contributed by atoms with E-state index in [1.807, 2.05) is 20.8 Å². The molecular formula is C18H37N3O2. The maximum atomic E-state index is 12.0. The number of rotatable bonds is 5. The van der Waals surface area contributed by atoms with E-state index in [2.05, 4.69) is 50.3 Å². The molecule has 1 fully saturated rings. The summed E-state index contributed by atoms with van der Waals surface area (Å²) in [5, 5.41) is 6.69. The van der Waals surface area contributed by atoms with Gasteiger partial charge in [0.05, 0.1) is 0 Å². The third-order valence-electron chi connectivity index (χ3n) is 4.72. The van der Waals surface area contributed by atoms with E-state index in [4.69, 9.17) is 4.74 Å². The van der Waals surface area contributed by atoms with Gasteiger partial charge in [0, 0.05) is 31.2 Å². The fourth-order valence-electron chi connectivity index (χ4n) is 3.02. The van der Waals surface area contributed by atoms with Crippen molar-refractivity contribution < 1.29 is 9.53 Å². The zero-order chi connectivity index (χ0) is 17.8. The molecule has 1 amide bonds. The number of carbonyl (C=O) groups excluding carboxylic acids is 1. The molecule has 1 saturated heterocycles. The molecule has 2 N–H and O–H groups in total. The Hall–Kier alpha value is -0.810. The second-order valence-corrected chi connectivity index (χ2v) is 8.51. The predicted octanol–water partition coefficient (Wildman–Crippen LogP) is 2.85. The summed E-state index contributed by atoms with van der Waals surface area (Å²) in [4.78, 5) is 14.4. The van der Waals surface area contributed by atoms with Crippen LogP contribution in [0, 0.1) is 11.8 Å². The summed E-state index contributed by atoms with van der Waals surface area (Å²) in [6, 6.07) is 1.18. The van der Waals surface area contributed by atoms with Crippen molar-refractivity contribution in [3.05, 3.63) is 0 Å². The quantitative estimate of drug-likeness (QED) is 0.815. The number of amides is 1. The Balaban J connectivity index is 2.52. The van der Waals surface area contributed by atoms with Crippen LogP contribution in [0.25, 0.3) is 0 Å². The number of nitrogens with zero attached hydrogens (tertiary/aromatic N) is 1. The highest BCUT2D eigenvalue weighted by Crippen LogP contribution is 2.21. The summed E-state index contributed by atoms with van der Waals surface area (Å²) in [6.45, 7) is 16.4. The molecule has 4 atom stereocenters. The third-order valence-corrected chi connectivity index (χ3v) is 4.72. The summed E-state index contributed by atoms with van der Waals surface area (Å²) in [6.07, 6.45) is 0.817. The number of ether oxygens (including phenoxy) is 1. The molecule has 4 unspecified atom stereocenters. The smallest absolute Gasteiger partial charge is 0.407 e. The van der Waals surface area contributed by atoms with Crippen LogP contribution in [-0.4, -0.2) is 54.9 Å². The Morgan fingerprint density at radius 1 is 1.30 bits per heavy atom. The van der Waals surface area contributed by atoms with Gasteiger partial charge in [0.2, 0.25) is 0 Å². The number of hydrogen-bond donors (Lipinski definition) is 2. The minimum absolute atomic E-state index is 0.0759. The highest BCUT2D eigenvalue weighted by atomic mass is 16.6. The van der Waals surface area contributed by atoms with E-state index in [9.17, 15) is 4.79 Å². The highest BCUT2D eigenvalue weighted by molar-refractivity contribution is 5.68. The van der Waals surface area contributed by atoms with Crippen LogP contribution in [0.1, 0.15) is 54.9 Å². The van der Waals surface area contributed by atoms with Gasteiger partial charge < -0.3 is 20.3 Å². The lowest BCUT2D eigenvalue weighted by molar-refractivity contribution is 0.0484. The molecular weight excluding hydrogens is 290 g/mol. The molecule has 5 heteroatoms. The van der Waals surface area contributed by atoms with Gasteiger partial charge in [0.25, 0.3) is 0 Å². The number of carbonyl (C=O) groups is 1. The van der Waals surface area contributed by atoms with Gasteiger partial charge in [-0.3, -0.25) is 0 Å². The first kappa shape index (κ1) is 20.2. The number of piperidine rings is 1. The number of alkyl carbamates (subject to hydrolysis) is 1. The standard InChI is InChI=1S/C18H37N3O2/c1-12(2)16(20-17(22)23-18(5,6)7)10-19-15-9-14(4)21(8)11-13(15)3/h12-16,19H,9-11H2,1-8H3,(H,20,22). The van der Waals surface area contributed by atoms with Gasteiger partial charge in [0.1, 0.15) is 5.60 Å². The topological polar surface area (TPSA) is 53.6 Å². The van der Waals surface area contributed by atoms with E-state index in [1.54, 1.807) is 0 Å². The van der Waals surface area contributed by atoms with Crippen molar-refractivity contribution in [2.24, 2.45) is 11.8 Å².